The number of amides is 1. The van der Waals surface area contributed by atoms with Crippen LogP contribution in [0.5, 0.6) is 5.75 Å². The number of carbonyl (C=O) groups is 1. The average molecular weight is 227 g/mol. The zero-order valence-corrected chi connectivity index (χ0v) is 8.90. The average Bonchev–Trinajstić information content (AvgIpc) is 2.25. The van der Waals surface area contributed by atoms with Crippen LogP contribution in [0.3, 0.4) is 0 Å². The topological polar surface area (TPSA) is 69.6 Å². The summed E-state index contributed by atoms with van der Waals surface area (Å²) in [6.07, 6.45) is 0.574. The monoisotopic (exact) mass is 227 g/mol. The predicted octanol–water partition coefficient (Wildman–Crippen LogP) is 1.03. The number of carbonyl (C=O) groups excluding carboxylic acids is 1. The van der Waals surface area contributed by atoms with E-state index in [0.717, 1.165) is 12.1 Å². The maximum atomic E-state index is 12.7. The second-order valence-electron chi connectivity index (χ2n) is 3.42. The number of aliphatic hydroxyl groups is 1. The fourth-order valence-electron chi connectivity index (χ4n) is 1.24. The van der Waals surface area contributed by atoms with E-state index in [1.54, 1.807) is 0 Å². The molecule has 88 valence electrons. The summed E-state index contributed by atoms with van der Waals surface area (Å²) in [6.45, 7) is 1.63. The van der Waals surface area contributed by atoms with Gasteiger partial charge in [-0.25, -0.2) is 4.39 Å². The van der Waals surface area contributed by atoms with E-state index in [1.165, 1.54) is 6.07 Å². The third kappa shape index (κ3) is 2.93. The van der Waals surface area contributed by atoms with Gasteiger partial charge in [-0.05, 0) is 18.6 Å². The number of nitrogens with one attached hydrogen (secondary N) is 1. The third-order valence-corrected chi connectivity index (χ3v) is 2.25. The number of halogens is 1. The van der Waals surface area contributed by atoms with Gasteiger partial charge in [-0.15, -0.1) is 0 Å². The molecule has 3 N–H and O–H groups in total. The highest BCUT2D eigenvalue weighted by molar-refractivity contribution is 5.96. The molecular weight excluding hydrogens is 213 g/mol. The highest BCUT2D eigenvalue weighted by Gasteiger charge is 2.14. The molecule has 0 saturated heterocycles. The van der Waals surface area contributed by atoms with Crippen molar-refractivity contribution >= 4 is 5.91 Å². The summed E-state index contributed by atoms with van der Waals surface area (Å²) in [5.41, 5.74) is -0.00620. The molecule has 0 fully saturated rings. The molecule has 0 aliphatic heterocycles. The van der Waals surface area contributed by atoms with E-state index >= 15 is 0 Å². The van der Waals surface area contributed by atoms with Gasteiger partial charge < -0.3 is 15.5 Å². The van der Waals surface area contributed by atoms with E-state index in [1.807, 2.05) is 6.92 Å². The summed E-state index contributed by atoms with van der Waals surface area (Å²) in [5.74, 6) is -1.55. The van der Waals surface area contributed by atoms with Gasteiger partial charge in [0.2, 0.25) is 0 Å². The van der Waals surface area contributed by atoms with E-state index in [0.29, 0.717) is 6.42 Å². The lowest BCUT2D eigenvalue weighted by Gasteiger charge is -2.14. The van der Waals surface area contributed by atoms with Crippen molar-refractivity contribution in [1.29, 1.82) is 0 Å². The van der Waals surface area contributed by atoms with Crippen molar-refractivity contribution in [1.82, 2.24) is 5.32 Å². The van der Waals surface area contributed by atoms with Crippen LogP contribution in [-0.4, -0.2) is 28.8 Å². The molecule has 0 saturated carbocycles. The Morgan fingerprint density at radius 1 is 1.56 bits per heavy atom. The molecule has 1 amide bonds. The Bertz CT molecular complexity index is 377. The molecule has 4 nitrogen and oxygen atoms in total. The van der Waals surface area contributed by atoms with E-state index in [4.69, 9.17) is 5.11 Å². The predicted molar refractivity (Wildman–Crippen MR) is 56.7 cm³/mol. The summed E-state index contributed by atoms with van der Waals surface area (Å²) in [7, 11) is 0. The zero-order valence-electron chi connectivity index (χ0n) is 8.90. The van der Waals surface area contributed by atoms with E-state index < -0.39 is 17.5 Å². The Morgan fingerprint density at radius 2 is 2.25 bits per heavy atom. The molecule has 0 aromatic heterocycles. The van der Waals surface area contributed by atoms with Crippen LogP contribution >= 0.6 is 0 Å². The second kappa shape index (κ2) is 5.46. The molecule has 1 atom stereocenters. The number of aliphatic hydroxyl groups excluding tert-OH is 1. The molecule has 5 heteroatoms. The van der Waals surface area contributed by atoms with Gasteiger partial charge in [0.25, 0.3) is 5.91 Å². The summed E-state index contributed by atoms with van der Waals surface area (Å²) in [4.78, 5) is 11.6. The van der Waals surface area contributed by atoms with Crippen LogP contribution in [0.15, 0.2) is 18.2 Å². The van der Waals surface area contributed by atoms with Crippen molar-refractivity contribution in [2.24, 2.45) is 0 Å². The fourth-order valence-corrected chi connectivity index (χ4v) is 1.24. The number of rotatable bonds is 4. The quantitative estimate of drug-likeness (QED) is 0.719. The van der Waals surface area contributed by atoms with Crippen LogP contribution in [0.25, 0.3) is 0 Å². The van der Waals surface area contributed by atoms with Gasteiger partial charge in [-0.1, -0.05) is 6.92 Å². The van der Waals surface area contributed by atoms with Gasteiger partial charge in [0.05, 0.1) is 18.2 Å². The maximum absolute atomic E-state index is 12.7. The van der Waals surface area contributed by atoms with Gasteiger partial charge >= 0.3 is 0 Å². The summed E-state index contributed by atoms with van der Waals surface area (Å²) in [6, 6.07) is 2.80. The molecule has 1 rings (SSSR count). The van der Waals surface area contributed by atoms with Gasteiger partial charge in [-0.3, -0.25) is 4.79 Å². The maximum Gasteiger partial charge on any atom is 0.255 e. The first-order chi connectivity index (χ1) is 7.58. The number of hydrogen-bond acceptors (Lipinski definition) is 3. The molecule has 1 aromatic rings. The molecule has 0 aliphatic carbocycles. The Kier molecular flexibility index (Phi) is 4.25. The number of benzene rings is 1. The normalized spacial score (nSPS) is 12.2. The van der Waals surface area contributed by atoms with Gasteiger partial charge in [0.1, 0.15) is 11.6 Å². The van der Waals surface area contributed by atoms with Crippen LogP contribution in [0.1, 0.15) is 23.7 Å². The van der Waals surface area contributed by atoms with Gasteiger partial charge in [0.15, 0.2) is 0 Å². The second-order valence-corrected chi connectivity index (χ2v) is 3.42. The first-order valence-corrected chi connectivity index (χ1v) is 4.98. The lowest BCUT2D eigenvalue weighted by atomic mass is 10.1. The molecule has 1 unspecified atom stereocenters. The van der Waals surface area contributed by atoms with Crippen molar-refractivity contribution in [2.45, 2.75) is 19.4 Å². The molecule has 0 radical (unpaired) electrons. The van der Waals surface area contributed by atoms with Crippen LogP contribution in [0.2, 0.25) is 0 Å². The van der Waals surface area contributed by atoms with Gasteiger partial charge in [0, 0.05) is 6.07 Å². The Balaban J connectivity index is 2.80. The van der Waals surface area contributed by atoms with Crippen molar-refractivity contribution < 1.29 is 19.4 Å². The van der Waals surface area contributed by atoms with Gasteiger partial charge in [-0.2, -0.15) is 0 Å². The molecule has 0 aliphatic rings. The minimum absolute atomic E-state index is 0.00620. The van der Waals surface area contributed by atoms with Crippen molar-refractivity contribution in [3.05, 3.63) is 29.6 Å². The Hall–Kier alpha value is -1.62. The lowest BCUT2D eigenvalue weighted by Crippen LogP contribution is -2.36. The first-order valence-electron chi connectivity index (χ1n) is 4.98. The zero-order chi connectivity index (χ0) is 12.1. The first kappa shape index (κ1) is 12.4. The van der Waals surface area contributed by atoms with Crippen LogP contribution in [0, 0.1) is 5.82 Å². The number of phenolic OH excluding ortho intramolecular Hbond substituents is 1. The summed E-state index contributed by atoms with van der Waals surface area (Å²) < 4.78 is 12.7. The summed E-state index contributed by atoms with van der Waals surface area (Å²) in [5, 5.41) is 20.8. The molecule has 0 spiro atoms. The SMILES string of the molecule is CCC(CO)NC(=O)c1ccc(F)cc1O. The smallest absolute Gasteiger partial charge is 0.255 e. The fraction of sp³-hybridized carbons (Fsp3) is 0.364. The van der Waals surface area contributed by atoms with Crippen LogP contribution in [-0.2, 0) is 0 Å². The molecular formula is C11H14FNO3. The van der Waals surface area contributed by atoms with Crippen molar-refractivity contribution in [2.75, 3.05) is 6.61 Å². The molecule has 1 aromatic carbocycles. The van der Waals surface area contributed by atoms with E-state index in [-0.39, 0.29) is 18.2 Å². The summed E-state index contributed by atoms with van der Waals surface area (Å²) >= 11 is 0. The van der Waals surface area contributed by atoms with Crippen LogP contribution in [0.4, 0.5) is 4.39 Å². The number of phenols is 1. The van der Waals surface area contributed by atoms with Crippen molar-refractivity contribution in [3.63, 3.8) is 0 Å². The lowest BCUT2D eigenvalue weighted by molar-refractivity contribution is 0.0912. The van der Waals surface area contributed by atoms with E-state index in [9.17, 15) is 14.3 Å². The standard InChI is InChI=1S/C11H14FNO3/c1-2-8(6-14)13-11(16)9-4-3-7(12)5-10(9)15/h3-5,8,14-15H,2,6H2,1H3,(H,13,16). The number of aromatic hydroxyl groups is 1. The Morgan fingerprint density at radius 3 is 2.75 bits per heavy atom. The molecule has 0 heterocycles. The largest absolute Gasteiger partial charge is 0.507 e. The van der Waals surface area contributed by atoms with Crippen LogP contribution < -0.4 is 5.32 Å². The Labute approximate surface area is 92.7 Å². The highest BCUT2D eigenvalue weighted by Crippen LogP contribution is 2.17. The minimum Gasteiger partial charge on any atom is -0.507 e. The number of hydrogen-bond donors (Lipinski definition) is 3. The minimum atomic E-state index is -0.608. The van der Waals surface area contributed by atoms with E-state index in [2.05, 4.69) is 5.32 Å². The molecule has 0 bridgehead atoms. The van der Waals surface area contributed by atoms with Crippen molar-refractivity contribution in [3.8, 4) is 5.75 Å². The molecule has 16 heavy (non-hydrogen) atoms. The third-order valence-electron chi connectivity index (χ3n) is 2.25. The highest BCUT2D eigenvalue weighted by atomic mass is 19.1.